The molecule has 0 aromatic heterocycles. The first kappa shape index (κ1) is 81.4. The Morgan fingerprint density at radius 3 is 1.11 bits per heavy atom. The van der Waals surface area contributed by atoms with Crippen LogP contribution in [-0.4, -0.2) is 99.6 Å². The predicted octanol–water partition coefficient (Wildman–Crippen LogP) is 19.4. The van der Waals surface area contributed by atoms with Gasteiger partial charge in [-0.3, -0.25) is 9.59 Å². The minimum absolute atomic E-state index is 0.132. The van der Waals surface area contributed by atoms with Crippen LogP contribution in [0.3, 0.4) is 0 Å². The van der Waals surface area contributed by atoms with Crippen molar-refractivity contribution in [2.24, 2.45) is 0 Å². The van der Waals surface area contributed by atoms with Crippen LogP contribution in [0.25, 0.3) is 0 Å². The average molecular weight is 1210 g/mol. The number of nitrogens with one attached hydrogen (secondary N) is 1. The summed E-state index contributed by atoms with van der Waals surface area (Å²) in [6.07, 6.45) is 64.0. The molecule has 0 aromatic rings. The van der Waals surface area contributed by atoms with Crippen LogP contribution in [0.4, 0.5) is 0 Å². The molecule has 1 aliphatic rings. The predicted molar refractivity (Wildman–Crippen MR) is 357 cm³/mol. The molecule has 1 fully saturated rings. The number of hydrogen-bond donors (Lipinski definition) is 6. The molecule has 85 heavy (non-hydrogen) atoms. The summed E-state index contributed by atoms with van der Waals surface area (Å²) in [6, 6.07) is -1.02. The second kappa shape index (κ2) is 62.6. The van der Waals surface area contributed by atoms with Crippen LogP contribution in [0, 0.1) is 0 Å². The Labute approximate surface area is 525 Å². The van der Waals surface area contributed by atoms with E-state index in [1.165, 1.54) is 283 Å². The van der Waals surface area contributed by atoms with Gasteiger partial charge in [0.2, 0.25) is 5.91 Å². The van der Waals surface area contributed by atoms with Crippen molar-refractivity contribution in [3.63, 3.8) is 0 Å². The third kappa shape index (κ3) is 49.8. The number of allylic oxidation sites excluding steroid dienone is 1. The fourth-order valence-electron chi connectivity index (χ4n) is 12.3. The van der Waals surface area contributed by atoms with Gasteiger partial charge in [0.15, 0.2) is 12.4 Å². The van der Waals surface area contributed by atoms with E-state index < -0.39 is 67.4 Å². The summed E-state index contributed by atoms with van der Waals surface area (Å²) >= 11 is 0. The van der Waals surface area contributed by atoms with Crippen molar-refractivity contribution >= 4 is 11.9 Å². The smallest absolute Gasteiger partial charge is 0.306 e. The minimum atomic E-state index is -1.61. The van der Waals surface area contributed by atoms with Gasteiger partial charge >= 0.3 is 5.97 Å². The number of aliphatic hydroxyl groups excluding tert-OH is 5. The van der Waals surface area contributed by atoms with Crippen LogP contribution in [0.5, 0.6) is 0 Å². The molecule has 6 N–H and O–H groups in total. The summed E-state index contributed by atoms with van der Waals surface area (Å²) in [6.45, 7) is 5.87. The zero-order chi connectivity index (χ0) is 61.7. The highest BCUT2D eigenvalue weighted by Gasteiger charge is 2.47. The maximum absolute atomic E-state index is 13.5. The van der Waals surface area contributed by atoms with E-state index in [1.807, 2.05) is 6.08 Å². The topological polar surface area (TPSA) is 175 Å². The van der Waals surface area contributed by atoms with Gasteiger partial charge in [-0.25, -0.2) is 0 Å². The van der Waals surface area contributed by atoms with Crippen LogP contribution in [0.1, 0.15) is 387 Å². The molecule has 8 unspecified atom stereocenters. The largest absolute Gasteiger partial charge is 0.454 e. The van der Waals surface area contributed by atoms with E-state index in [-0.39, 0.29) is 13.0 Å². The molecule has 1 amide bonds. The SMILES string of the molecule is CCCCCCCCCCCCC/C=C/C(O)C(COC1OC(CO)C(O)C(O)C1OC(=O)CCCCCCCCCCCCCCCCCCCCC)NC(=O)C(O)CCCCCCCCCCCCCCCCCCCCCCCCCC. The van der Waals surface area contributed by atoms with E-state index >= 15 is 0 Å². The first-order chi connectivity index (χ1) is 41.7. The number of hydrogen-bond acceptors (Lipinski definition) is 10. The third-order valence-electron chi connectivity index (χ3n) is 18.2. The van der Waals surface area contributed by atoms with Crippen molar-refractivity contribution < 1.29 is 49.3 Å². The third-order valence-corrected chi connectivity index (χ3v) is 18.2. The molecule has 11 nitrogen and oxygen atoms in total. The Bertz CT molecular complexity index is 1430. The van der Waals surface area contributed by atoms with E-state index in [0.717, 1.165) is 57.8 Å². The summed E-state index contributed by atoms with van der Waals surface area (Å²) in [5, 5.41) is 57.3. The molecule has 1 saturated heterocycles. The van der Waals surface area contributed by atoms with Crippen molar-refractivity contribution in [3.05, 3.63) is 12.2 Å². The highest BCUT2D eigenvalue weighted by Crippen LogP contribution is 2.27. The number of ether oxygens (including phenoxy) is 3. The standard InChI is InChI=1S/C74H143NO10/c1-4-7-10-13-16-19-22-25-27-29-31-32-33-34-35-37-38-40-43-46-49-52-55-58-61-67(78)73(82)75-65(66(77)60-57-54-51-48-45-42-24-21-18-15-12-9-6-3)64-83-74-72(71(81)70(80)68(63-76)84-74)85-69(79)62-59-56-53-50-47-44-41-39-36-30-28-26-23-20-17-14-11-8-5-2/h57,60,65-68,70-72,74,76-78,80-81H,4-56,58-59,61-64H2,1-3H3,(H,75,82)/b60-57+. The lowest BCUT2D eigenvalue weighted by Gasteiger charge is -2.41. The fourth-order valence-corrected chi connectivity index (χ4v) is 12.3. The summed E-state index contributed by atoms with van der Waals surface area (Å²) in [7, 11) is 0. The molecule has 8 atom stereocenters. The van der Waals surface area contributed by atoms with Gasteiger partial charge in [0.05, 0.1) is 25.4 Å². The molecule has 504 valence electrons. The first-order valence-corrected chi connectivity index (χ1v) is 37.5. The molecule has 1 aliphatic heterocycles. The molecule has 0 spiro atoms. The maximum atomic E-state index is 13.5. The van der Waals surface area contributed by atoms with Gasteiger partial charge in [-0.05, 0) is 25.7 Å². The molecule has 0 bridgehead atoms. The summed E-state index contributed by atoms with van der Waals surface area (Å²) in [4.78, 5) is 26.7. The van der Waals surface area contributed by atoms with E-state index in [0.29, 0.717) is 19.3 Å². The van der Waals surface area contributed by atoms with E-state index in [4.69, 9.17) is 14.2 Å². The molecular formula is C74H143NO10. The second-order valence-corrected chi connectivity index (χ2v) is 26.4. The Morgan fingerprint density at radius 2 is 0.765 bits per heavy atom. The fraction of sp³-hybridized carbons (Fsp3) is 0.946. The van der Waals surface area contributed by atoms with E-state index in [1.54, 1.807) is 6.08 Å². The van der Waals surface area contributed by atoms with Gasteiger partial charge in [-0.1, -0.05) is 367 Å². The van der Waals surface area contributed by atoms with Crippen LogP contribution < -0.4 is 5.32 Å². The first-order valence-electron chi connectivity index (χ1n) is 37.5. The molecule has 0 radical (unpaired) electrons. The molecule has 0 aliphatic carbocycles. The normalized spacial score (nSPS) is 18.3. The molecule has 11 heteroatoms. The monoisotopic (exact) mass is 1210 g/mol. The van der Waals surface area contributed by atoms with Gasteiger partial charge in [0.1, 0.15) is 24.4 Å². The number of rotatable bonds is 66. The van der Waals surface area contributed by atoms with Crippen molar-refractivity contribution in [2.45, 2.75) is 436 Å². The van der Waals surface area contributed by atoms with Gasteiger partial charge < -0.3 is 45.1 Å². The van der Waals surface area contributed by atoms with Crippen LogP contribution in [0.2, 0.25) is 0 Å². The number of amides is 1. The van der Waals surface area contributed by atoms with Crippen molar-refractivity contribution in [2.75, 3.05) is 13.2 Å². The van der Waals surface area contributed by atoms with Gasteiger partial charge in [-0.15, -0.1) is 0 Å². The molecular weight excluding hydrogens is 1060 g/mol. The zero-order valence-electron chi connectivity index (χ0n) is 56.3. The number of carbonyl (C=O) groups is 2. The highest BCUT2D eigenvalue weighted by molar-refractivity contribution is 5.80. The van der Waals surface area contributed by atoms with Crippen molar-refractivity contribution in [1.29, 1.82) is 0 Å². The Hall–Kier alpha value is -1.60. The van der Waals surface area contributed by atoms with Gasteiger partial charge in [-0.2, -0.15) is 0 Å². The lowest BCUT2D eigenvalue weighted by molar-refractivity contribution is -0.305. The van der Waals surface area contributed by atoms with E-state index in [9.17, 15) is 35.1 Å². The van der Waals surface area contributed by atoms with E-state index in [2.05, 4.69) is 26.1 Å². The Kier molecular flexibility index (Phi) is 59.9. The lowest BCUT2D eigenvalue weighted by Crippen LogP contribution is -2.61. The lowest BCUT2D eigenvalue weighted by atomic mass is 9.99. The minimum Gasteiger partial charge on any atom is -0.454 e. The van der Waals surface area contributed by atoms with Crippen LogP contribution >= 0.6 is 0 Å². The molecule has 1 rings (SSSR count). The van der Waals surface area contributed by atoms with Crippen molar-refractivity contribution in [3.8, 4) is 0 Å². The number of carbonyl (C=O) groups excluding carboxylic acids is 2. The number of aliphatic hydroxyl groups is 5. The average Bonchev–Trinajstić information content (AvgIpc) is 2.94. The van der Waals surface area contributed by atoms with Crippen LogP contribution in [0.15, 0.2) is 12.2 Å². The Balaban J connectivity index is 2.54. The van der Waals surface area contributed by atoms with Crippen LogP contribution in [-0.2, 0) is 23.8 Å². The number of esters is 1. The Morgan fingerprint density at radius 1 is 0.447 bits per heavy atom. The zero-order valence-corrected chi connectivity index (χ0v) is 56.3. The quantitative estimate of drug-likeness (QED) is 0.0195. The summed E-state index contributed by atoms with van der Waals surface area (Å²) in [5.74, 6) is -1.17. The second-order valence-electron chi connectivity index (χ2n) is 26.4. The summed E-state index contributed by atoms with van der Waals surface area (Å²) < 4.78 is 17.7. The molecule has 1 heterocycles. The van der Waals surface area contributed by atoms with Gasteiger partial charge in [0.25, 0.3) is 0 Å². The maximum Gasteiger partial charge on any atom is 0.306 e. The molecule has 0 saturated carbocycles. The van der Waals surface area contributed by atoms with Gasteiger partial charge in [0, 0.05) is 6.42 Å². The highest BCUT2D eigenvalue weighted by atomic mass is 16.7. The molecule has 0 aromatic carbocycles. The summed E-state index contributed by atoms with van der Waals surface area (Å²) in [5.41, 5.74) is 0. The van der Waals surface area contributed by atoms with Crippen molar-refractivity contribution in [1.82, 2.24) is 5.32 Å². The number of unbranched alkanes of at least 4 members (excludes halogenated alkanes) is 52.